The topological polar surface area (TPSA) is 106 Å². The van der Waals surface area contributed by atoms with Crippen molar-refractivity contribution in [2.24, 2.45) is 0 Å². The van der Waals surface area contributed by atoms with E-state index in [1.54, 1.807) is 0 Å². The van der Waals surface area contributed by atoms with Gasteiger partial charge in [-0.3, -0.25) is 0 Å². The molecule has 9 heteroatoms. The molecule has 0 atom stereocenters. The van der Waals surface area contributed by atoms with Crippen LogP contribution in [0.1, 0.15) is 17.3 Å². The molecule has 114 valence electrons. The van der Waals surface area contributed by atoms with Crippen molar-refractivity contribution in [3.05, 3.63) is 47.6 Å². The summed E-state index contributed by atoms with van der Waals surface area (Å²) in [7, 11) is -2.13. The molecule has 0 aliphatic rings. The first kappa shape index (κ1) is 15.6. The van der Waals surface area contributed by atoms with Gasteiger partial charge in [-0.2, -0.15) is 22.8 Å². The Morgan fingerprint density at radius 3 is 2.62 bits per heavy atom. The van der Waals surface area contributed by atoms with Crippen molar-refractivity contribution in [1.29, 1.82) is 0 Å². The Morgan fingerprint density at radius 2 is 1.90 bits per heavy atom. The highest BCUT2D eigenvalue weighted by Gasteiger charge is 2.12. The van der Waals surface area contributed by atoms with Crippen LogP contribution in [0.4, 0.5) is 0 Å². The van der Waals surface area contributed by atoms with Gasteiger partial charge in [0.25, 0.3) is 16.1 Å². The number of rotatable bonds is 8. The van der Waals surface area contributed by atoms with E-state index in [1.807, 2.05) is 30.3 Å². The van der Waals surface area contributed by atoms with E-state index in [2.05, 4.69) is 19.6 Å². The van der Waals surface area contributed by atoms with Crippen LogP contribution in [0.3, 0.4) is 0 Å². The molecule has 0 unspecified atom stereocenters. The molecule has 0 fully saturated rings. The number of nitrogens with zero attached hydrogens (tertiary/aromatic N) is 2. The van der Waals surface area contributed by atoms with Gasteiger partial charge in [-0.1, -0.05) is 35.5 Å². The summed E-state index contributed by atoms with van der Waals surface area (Å²) in [6.07, 6.45) is 0. The first-order valence-electron chi connectivity index (χ1n) is 6.17. The minimum Gasteiger partial charge on any atom is -0.375 e. The van der Waals surface area contributed by atoms with Crippen LogP contribution in [0.2, 0.25) is 0 Å². The van der Waals surface area contributed by atoms with Crippen molar-refractivity contribution in [3.63, 3.8) is 0 Å². The number of nitrogens with one attached hydrogen (secondary N) is 2. The molecule has 2 N–H and O–H groups in total. The molecule has 0 bridgehead atoms. The van der Waals surface area contributed by atoms with Crippen molar-refractivity contribution < 1.29 is 17.7 Å². The molecule has 21 heavy (non-hydrogen) atoms. The predicted molar refractivity (Wildman–Crippen MR) is 74.1 cm³/mol. The highest BCUT2D eigenvalue weighted by molar-refractivity contribution is 7.87. The van der Waals surface area contributed by atoms with Gasteiger partial charge in [0.05, 0.1) is 6.54 Å². The second-order valence-corrected chi connectivity index (χ2v) is 5.75. The van der Waals surface area contributed by atoms with Gasteiger partial charge in [-0.25, -0.2) is 0 Å². The smallest absolute Gasteiger partial charge is 0.277 e. The zero-order valence-electron chi connectivity index (χ0n) is 11.4. The second kappa shape index (κ2) is 7.27. The first-order chi connectivity index (χ1) is 10.1. The predicted octanol–water partition coefficient (Wildman–Crippen LogP) is 0.340. The van der Waals surface area contributed by atoms with Crippen molar-refractivity contribution in [2.45, 2.75) is 19.7 Å². The summed E-state index contributed by atoms with van der Waals surface area (Å²) in [5.41, 5.74) is 0.866. The van der Waals surface area contributed by atoms with E-state index in [1.165, 1.54) is 7.11 Å². The molecule has 1 aromatic carbocycles. The van der Waals surface area contributed by atoms with Crippen LogP contribution in [-0.2, 0) is 34.6 Å². The maximum absolute atomic E-state index is 11.8. The lowest BCUT2D eigenvalue weighted by Gasteiger charge is -2.06. The summed E-state index contributed by atoms with van der Waals surface area (Å²) in [5, 5.41) is 3.64. The highest BCUT2D eigenvalue weighted by atomic mass is 32.2. The van der Waals surface area contributed by atoms with Gasteiger partial charge < -0.3 is 9.26 Å². The molecular formula is C12H16N4O4S. The third-order valence-corrected chi connectivity index (χ3v) is 3.56. The zero-order chi connectivity index (χ0) is 15.1. The van der Waals surface area contributed by atoms with E-state index in [9.17, 15) is 8.42 Å². The number of benzene rings is 1. The normalized spacial score (nSPS) is 11.7. The molecular weight excluding hydrogens is 296 g/mol. The molecule has 0 aliphatic carbocycles. The van der Waals surface area contributed by atoms with Gasteiger partial charge in [-0.05, 0) is 5.56 Å². The first-order valence-corrected chi connectivity index (χ1v) is 7.66. The number of methoxy groups -OCH3 is 1. The van der Waals surface area contributed by atoms with Crippen LogP contribution in [0.15, 0.2) is 34.9 Å². The summed E-state index contributed by atoms with van der Waals surface area (Å²) in [6, 6.07) is 9.21. The van der Waals surface area contributed by atoms with Crippen molar-refractivity contribution >= 4 is 10.2 Å². The van der Waals surface area contributed by atoms with E-state index >= 15 is 0 Å². The van der Waals surface area contributed by atoms with Crippen LogP contribution in [0, 0.1) is 0 Å². The van der Waals surface area contributed by atoms with Crippen molar-refractivity contribution in [3.8, 4) is 0 Å². The Hall–Kier alpha value is -1.81. The maximum atomic E-state index is 11.8. The summed E-state index contributed by atoms with van der Waals surface area (Å²) >= 11 is 0. The van der Waals surface area contributed by atoms with Gasteiger partial charge in [0.2, 0.25) is 0 Å². The van der Waals surface area contributed by atoms with Gasteiger partial charge in [-0.15, -0.1) is 0 Å². The van der Waals surface area contributed by atoms with Gasteiger partial charge in [0.1, 0.15) is 6.61 Å². The Labute approximate surface area is 122 Å². The number of ether oxygens (including phenoxy) is 1. The summed E-state index contributed by atoms with van der Waals surface area (Å²) in [5.74, 6) is 0.538. The fourth-order valence-electron chi connectivity index (χ4n) is 1.53. The second-order valence-electron chi connectivity index (χ2n) is 4.17. The molecule has 8 nitrogen and oxygen atoms in total. The lowest BCUT2D eigenvalue weighted by atomic mass is 10.2. The molecule has 0 saturated heterocycles. The van der Waals surface area contributed by atoms with Crippen molar-refractivity contribution in [2.75, 3.05) is 7.11 Å². The molecule has 2 aromatic rings. The number of aromatic nitrogens is 2. The third kappa shape index (κ3) is 5.23. The largest absolute Gasteiger partial charge is 0.375 e. The van der Waals surface area contributed by atoms with E-state index in [0.717, 1.165) is 5.56 Å². The van der Waals surface area contributed by atoms with Crippen LogP contribution < -0.4 is 9.44 Å². The average Bonchev–Trinajstić information content (AvgIpc) is 2.93. The molecule has 0 amide bonds. The number of hydrogen-bond donors (Lipinski definition) is 2. The standard InChI is InChI=1S/C12H16N4O4S/c1-19-9-12-15-11(16-20-12)8-14-21(17,18)13-7-10-5-3-2-4-6-10/h2-6,13-14H,7-9H2,1H3. The Kier molecular flexibility index (Phi) is 5.39. The van der Waals surface area contributed by atoms with Crippen LogP contribution in [-0.4, -0.2) is 25.7 Å². The van der Waals surface area contributed by atoms with Crippen LogP contribution >= 0.6 is 0 Å². The molecule has 0 spiro atoms. The van der Waals surface area contributed by atoms with Crippen LogP contribution in [0.5, 0.6) is 0 Å². The fraction of sp³-hybridized carbons (Fsp3) is 0.333. The van der Waals surface area contributed by atoms with Gasteiger partial charge in [0.15, 0.2) is 5.82 Å². The van der Waals surface area contributed by atoms with E-state index in [0.29, 0.717) is 5.89 Å². The SMILES string of the molecule is COCc1nc(CNS(=O)(=O)NCc2ccccc2)no1. The summed E-state index contributed by atoms with van der Waals surface area (Å²) in [6.45, 7) is 0.334. The fourth-order valence-corrected chi connectivity index (χ4v) is 2.31. The Bertz CT molecular complexity index is 657. The zero-order valence-corrected chi connectivity index (χ0v) is 12.3. The minimum absolute atomic E-state index is 0.0582. The maximum Gasteiger partial charge on any atom is 0.277 e. The summed E-state index contributed by atoms with van der Waals surface area (Å²) in [4.78, 5) is 3.96. The average molecular weight is 312 g/mol. The Morgan fingerprint density at radius 1 is 1.19 bits per heavy atom. The third-order valence-electron chi connectivity index (χ3n) is 2.51. The van der Waals surface area contributed by atoms with E-state index < -0.39 is 10.2 Å². The monoisotopic (exact) mass is 312 g/mol. The van der Waals surface area contributed by atoms with E-state index in [4.69, 9.17) is 9.26 Å². The van der Waals surface area contributed by atoms with Crippen LogP contribution in [0.25, 0.3) is 0 Å². The lowest BCUT2D eigenvalue weighted by molar-refractivity contribution is 0.151. The van der Waals surface area contributed by atoms with E-state index in [-0.39, 0.29) is 25.5 Å². The van der Waals surface area contributed by atoms with Gasteiger partial charge in [0, 0.05) is 13.7 Å². The molecule has 0 aliphatic heterocycles. The quantitative estimate of drug-likeness (QED) is 0.728. The van der Waals surface area contributed by atoms with Crippen molar-refractivity contribution in [1.82, 2.24) is 19.6 Å². The summed E-state index contributed by atoms with van der Waals surface area (Å²) < 4.78 is 38.0. The molecule has 1 heterocycles. The molecule has 0 saturated carbocycles. The highest BCUT2D eigenvalue weighted by Crippen LogP contribution is 2.00. The lowest BCUT2D eigenvalue weighted by Crippen LogP contribution is -2.35. The van der Waals surface area contributed by atoms with Gasteiger partial charge >= 0.3 is 0 Å². The Balaban J connectivity index is 1.83. The number of hydrogen-bond acceptors (Lipinski definition) is 6. The minimum atomic E-state index is -3.63. The molecule has 1 aromatic heterocycles. The molecule has 2 rings (SSSR count). The molecule has 0 radical (unpaired) electrons.